The summed E-state index contributed by atoms with van der Waals surface area (Å²) >= 11 is 0. The Morgan fingerprint density at radius 2 is 2.04 bits per heavy atom. The molecule has 1 aromatic heterocycles. The third kappa shape index (κ3) is 3.62. The van der Waals surface area contributed by atoms with Crippen LogP contribution in [0, 0.1) is 5.82 Å². The molecule has 1 atom stereocenters. The van der Waals surface area contributed by atoms with Gasteiger partial charge < -0.3 is 10.6 Å². The maximum absolute atomic E-state index is 13.0. The van der Waals surface area contributed by atoms with E-state index in [-0.39, 0.29) is 23.2 Å². The number of aromatic nitrogens is 2. The van der Waals surface area contributed by atoms with Crippen LogP contribution in [0.2, 0.25) is 0 Å². The van der Waals surface area contributed by atoms with Gasteiger partial charge in [0, 0.05) is 18.7 Å². The van der Waals surface area contributed by atoms with Gasteiger partial charge in [0.05, 0.1) is 5.69 Å². The normalized spacial score (nSPS) is 17.7. The number of piperidine rings is 1. The molecule has 0 aliphatic carbocycles. The van der Waals surface area contributed by atoms with E-state index in [0.717, 1.165) is 30.6 Å². The van der Waals surface area contributed by atoms with Crippen LogP contribution in [-0.4, -0.2) is 34.8 Å². The lowest BCUT2D eigenvalue weighted by atomic mass is 10.1. The van der Waals surface area contributed by atoms with Crippen LogP contribution in [0.1, 0.15) is 23.3 Å². The monoisotopic (exact) mass is 316 g/mol. The zero-order valence-electron chi connectivity index (χ0n) is 12.5. The Kier molecular flexibility index (Phi) is 4.47. The van der Waals surface area contributed by atoms with Crippen molar-refractivity contribution in [2.75, 3.05) is 13.1 Å². The first-order valence-electron chi connectivity index (χ1n) is 7.51. The molecule has 1 aliphatic heterocycles. The van der Waals surface area contributed by atoms with Gasteiger partial charge in [-0.15, -0.1) is 0 Å². The lowest BCUT2D eigenvalue weighted by molar-refractivity contribution is 0.0924. The van der Waals surface area contributed by atoms with Crippen molar-refractivity contribution in [3.8, 4) is 5.69 Å². The van der Waals surface area contributed by atoms with E-state index >= 15 is 0 Å². The summed E-state index contributed by atoms with van der Waals surface area (Å²) in [7, 11) is 0. The van der Waals surface area contributed by atoms with Gasteiger partial charge in [-0.3, -0.25) is 9.59 Å². The standard InChI is InChI=1S/C16H17FN4O2/c17-11-3-5-13(6-4-11)21-15(22)8-7-14(20-21)16(23)19-12-2-1-9-18-10-12/h3-8,12,18H,1-2,9-10H2,(H,19,23). The highest BCUT2D eigenvalue weighted by Crippen LogP contribution is 2.07. The second-order valence-electron chi connectivity index (χ2n) is 5.46. The van der Waals surface area contributed by atoms with Crippen LogP contribution in [0.3, 0.4) is 0 Å². The molecule has 1 fully saturated rings. The highest BCUT2D eigenvalue weighted by molar-refractivity contribution is 5.92. The number of hydrogen-bond donors (Lipinski definition) is 2. The van der Waals surface area contributed by atoms with Gasteiger partial charge in [-0.05, 0) is 49.7 Å². The Balaban J connectivity index is 1.83. The van der Waals surface area contributed by atoms with Crippen molar-refractivity contribution in [3.63, 3.8) is 0 Å². The maximum Gasteiger partial charge on any atom is 0.272 e. The van der Waals surface area contributed by atoms with Crippen molar-refractivity contribution in [3.05, 3.63) is 58.3 Å². The second kappa shape index (κ2) is 6.70. The highest BCUT2D eigenvalue weighted by atomic mass is 19.1. The van der Waals surface area contributed by atoms with Crippen LogP contribution in [0.4, 0.5) is 4.39 Å². The Bertz CT molecular complexity index is 751. The first-order valence-corrected chi connectivity index (χ1v) is 7.51. The van der Waals surface area contributed by atoms with Crippen molar-refractivity contribution in [2.24, 2.45) is 0 Å². The molecule has 0 saturated carbocycles. The molecule has 2 N–H and O–H groups in total. The third-order valence-corrected chi connectivity index (χ3v) is 3.74. The van der Waals surface area contributed by atoms with Crippen LogP contribution in [0.25, 0.3) is 5.69 Å². The predicted octanol–water partition coefficient (Wildman–Crippen LogP) is 0.853. The van der Waals surface area contributed by atoms with Gasteiger partial charge in [-0.25, -0.2) is 4.39 Å². The lowest BCUT2D eigenvalue weighted by Crippen LogP contribution is -2.46. The molecule has 23 heavy (non-hydrogen) atoms. The van der Waals surface area contributed by atoms with Gasteiger partial charge in [0.25, 0.3) is 11.5 Å². The Hall–Kier alpha value is -2.54. The molecule has 1 unspecified atom stereocenters. The molecule has 6 nitrogen and oxygen atoms in total. The molecular formula is C16H17FN4O2. The van der Waals surface area contributed by atoms with E-state index in [9.17, 15) is 14.0 Å². The average molecular weight is 316 g/mol. The summed E-state index contributed by atoms with van der Waals surface area (Å²) in [5.74, 6) is -0.727. The number of halogens is 1. The lowest BCUT2D eigenvalue weighted by Gasteiger charge is -2.23. The fourth-order valence-corrected chi connectivity index (χ4v) is 2.53. The largest absolute Gasteiger partial charge is 0.347 e. The molecular weight excluding hydrogens is 299 g/mol. The van der Waals surface area contributed by atoms with Gasteiger partial charge in [0.1, 0.15) is 11.5 Å². The van der Waals surface area contributed by atoms with Crippen LogP contribution < -0.4 is 16.2 Å². The number of hydrogen-bond acceptors (Lipinski definition) is 4. The second-order valence-corrected chi connectivity index (χ2v) is 5.46. The number of benzene rings is 1. The van der Waals surface area contributed by atoms with E-state index in [0.29, 0.717) is 5.69 Å². The van der Waals surface area contributed by atoms with E-state index in [1.165, 1.54) is 36.4 Å². The minimum absolute atomic E-state index is 0.0595. The molecule has 2 heterocycles. The predicted molar refractivity (Wildman–Crippen MR) is 83.1 cm³/mol. The van der Waals surface area contributed by atoms with Crippen LogP contribution in [0.5, 0.6) is 0 Å². The quantitative estimate of drug-likeness (QED) is 0.880. The fraction of sp³-hybridized carbons (Fsp3) is 0.312. The number of nitrogens with one attached hydrogen (secondary N) is 2. The molecule has 2 aromatic rings. The topological polar surface area (TPSA) is 76.0 Å². The number of carbonyl (C=O) groups excluding carboxylic acids is 1. The van der Waals surface area contributed by atoms with Gasteiger partial charge in [-0.2, -0.15) is 9.78 Å². The van der Waals surface area contributed by atoms with E-state index in [1.54, 1.807) is 0 Å². The smallest absolute Gasteiger partial charge is 0.272 e. The first kappa shape index (κ1) is 15.4. The minimum atomic E-state index is -0.402. The van der Waals surface area contributed by atoms with Crippen molar-refractivity contribution in [1.82, 2.24) is 20.4 Å². The van der Waals surface area contributed by atoms with E-state index in [1.807, 2.05) is 0 Å². The van der Waals surface area contributed by atoms with Crippen molar-refractivity contribution < 1.29 is 9.18 Å². The van der Waals surface area contributed by atoms with Gasteiger partial charge in [-0.1, -0.05) is 0 Å². The Labute approximate surface area is 132 Å². The van der Waals surface area contributed by atoms with Crippen molar-refractivity contribution in [2.45, 2.75) is 18.9 Å². The molecule has 1 amide bonds. The molecule has 1 saturated heterocycles. The third-order valence-electron chi connectivity index (χ3n) is 3.74. The molecule has 0 spiro atoms. The number of rotatable bonds is 3. The number of nitrogens with zero attached hydrogens (tertiary/aromatic N) is 2. The van der Waals surface area contributed by atoms with Gasteiger partial charge >= 0.3 is 0 Å². The highest BCUT2D eigenvalue weighted by Gasteiger charge is 2.18. The SMILES string of the molecule is O=C(NC1CCCNC1)c1ccc(=O)n(-c2ccc(F)cc2)n1. The van der Waals surface area contributed by atoms with E-state index in [2.05, 4.69) is 15.7 Å². The summed E-state index contributed by atoms with van der Waals surface area (Å²) in [5, 5.41) is 10.2. The van der Waals surface area contributed by atoms with Crippen LogP contribution in [0.15, 0.2) is 41.2 Å². The zero-order chi connectivity index (χ0) is 16.2. The number of carbonyl (C=O) groups is 1. The first-order chi connectivity index (χ1) is 11.1. The van der Waals surface area contributed by atoms with Gasteiger partial charge in [0.2, 0.25) is 0 Å². The summed E-state index contributed by atoms with van der Waals surface area (Å²) in [6.07, 6.45) is 1.92. The van der Waals surface area contributed by atoms with E-state index < -0.39 is 5.82 Å². The van der Waals surface area contributed by atoms with Crippen LogP contribution >= 0.6 is 0 Å². The molecule has 7 heteroatoms. The summed E-state index contributed by atoms with van der Waals surface area (Å²) in [6, 6.07) is 8.10. The molecule has 0 radical (unpaired) electrons. The average Bonchev–Trinajstić information content (AvgIpc) is 2.57. The summed E-state index contributed by atoms with van der Waals surface area (Å²) in [4.78, 5) is 24.2. The summed E-state index contributed by atoms with van der Waals surface area (Å²) in [6.45, 7) is 1.68. The molecule has 1 aliphatic rings. The molecule has 0 bridgehead atoms. The van der Waals surface area contributed by atoms with Crippen molar-refractivity contribution >= 4 is 5.91 Å². The Morgan fingerprint density at radius 1 is 1.26 bits per heavy atom. The maximum atomic E-state index is 13.0. The molecule has 1 aromatic carbocycles. The summed E-state index contributed by atoms with van der Waals surface area (Å²) in [5.41, 5.74) is 0.178. The summed E-state index contributed by atoms with van der Waals surface area (Å²) < 4.78 is 14.1. The number of amides is 1. The fourth-order valence-electron chi connectivity index (χ4n) is 2.53. The zero-order valence-corrected chi connectivity index (χ0v) is 12.5. The molecule has 3 rings (SSSR count). The van der Waals surface area contributed by atoms with Crippen molar-refractivity contribution in [1.29, 1.82) is 0 Å². The van der Waals surface area contributed by atoms with Gasteiger partial charge in [0.15, 0.2) is 0 Å². The van der Waals surface area contributed by atoms with E-state index in [4.69, 9.17) is 0 Å². The molecule has 120 valence electrons. The Morgan fingerprint density at radius 3 is 2.74 bits per heavy atom. The minimum Gasteiger partial charge on any atom is -0.347 e. The van der Waals surface area contributed by atoms with Crippen LogP contribution in [-0.2, 0) is 0 Å².